The van der Waals surface area contributed by atoms with Crippen LogP contribution >= 0.6 is 0 Å². The largest absolute Gasteiger partial charge is 0.294 e. The molecule has 1 heterocycles. The summed E-state index contributed by atoms with van der Waals surface area (Å²) in [6.07, 6.45) is 7.23. The molecule has 13 heavy (non-hydrogen) atoms. The summed E-state index contributed by atoms with van der Waals surface area (Å²) in [4.78, 5) is 11.4. The maximum absolute atomic E-state index is 11.4. The summed E-state index contributed by atoms with van der Waals surface area (Å²) in [5.74, 6) is 0.246. The third kappa shape index (κ3) is 1.41. The molecule has 1 aromatic heterocycles. The molecule has 0 N–H and O–H groups in total. The van der Waals surface area contributed by atoms with Crippen molar-refractivity contribution in [2.24, 2.45) is 0 Å². The Morgan fingerprint density at radius 1 is 1.62 bits per heavy atom. The van der Waals surface area contributed by atoms with E-state index in [0.29, 0.717) is 6.42 Å². The monoisotopic (exact) mass is 176 g/mol. The van der Waals surface area contributed by atoms with Gasteiger partial charge in [0.2, 0.25) is 0 Å². The minimum Gasteiger partial charge on any atom is -0.294 e. The van der Waals surface area contributed by atoms with Gasteiger partial charge in [-0.2, -0.15) is 5.10 Å². The van der Waals surface area contributed by atoms with Crippen molar-refractivity contribution >= 4 is 11.4 Å². The van der Waals surface area contributed by atoms with E-state index in [1.54, 1.807) is 6.20 Å². The van der Waals surface area contributed by atoms with Crippen LogP contribution in [0, 0.1) is 0 Å². The van der Waals surface area contributed by atoms with Gasteiger partial charge < -0.3 is 0 Å². The first-order chi connectivity index (χ1) is 6.31. The number of carbonyl (C=O) groups excluding carboxylic acids is 1. The zero-order valence-corrected chi connectivity index (χ0v) is 7.66. The molecule has 1 aromatic rings. The second-order valence-corrected chi connectivity index (χ2v) is 3.16. The lowest BCUT2D eigenvalue weighted by atomic mass is 10.1. The summed E-state index contributed by atoms with van der Waals surface area (Å²) in [6.45, 7) is 2.88. The smallest absolute Gasteiger partial charge is 0.163 e. The standard InChI is InChI=1S/C10H12N2O/c1-2-12-7-8(6-11-12)9-4-3-5-10(9)13/h4,6-7H,2-3,5H2,1H3. The number of hydrogen-bond donors (Lipinski definition) is 0. The highest BCUT2D eigenvalue weighted by Gasteiger charge is 2.17. The SMILES string of the molecule is CCn1cc(C2=CCCC2=O)cn1. The molecule has 0 atom stereocenters. The summed E-state index contributed by atoms with van der Waals surface area (Å²) in [5, 5.41) is 4.14. The third-order valence-corrected chi connectivity index (χ3v) is 2.29. The van der Waals surface area contributed by atoms with E-state index < -0.39 is 0 Å². The molecular formula is C10H12N2O. The normalized spacial score (nSPS) is 16.4. The van der Waals surface area contributed by atoms with Crippen molar-refractivity contribution in [2.45, 2.75) is 26.3 Å². The zero-order chi connectivity index (χ0) is 9.26. The van der Waals surface area contributed by atoms with E-state index in [1.807, 2.05) is 23.9 Å². The Labute approximate surface area is 77.1 Å². The van der Waals surface area contributed by atoms with Gasteiger partial charge in [0.15, 0.2) is 5.78 Å². The van der Waals surface area contributed by atoms with Gasteiger partial charge in [0.25, 0.3) is 0 Å². The number of allylic oxidation sites excluding steroid dienone is 2. The van der Waals surface area contributed by atoms with Gasteiger partial charge in [-0.25, -0.2) is 0 Å². The maximum Gasteiger partial charge on any atom is 0.163 e. The van der Waals surface area contributed by atoms with Crippen LogP contribution in [-0.2, 0) is 11.3 Å². The van der Waals surface area contributed by atoms with Crippen LogP contribution in [0.25, 0.3) is 5.57 Å². The summed E-state index contributed by atoms with van der Waals surface area (Å²) in [7, 11) is 0. The van der Waals surface area contributed by atoms with Crippen molar-refractivity contribution in [1.29, 1.82) is 0 Å². The van der Waals surface area contributed by atoms with E-state index in [9.17, 15) is 4.79 Å². The number of hydrogen-bond acceptors (Lipinski definition) is 2. The fraction of sp³-hybridized carbons (Fsp3) is 0.400. The molecule has 0 amide bonds. The van der Waals surface area contributed by atoms with Gasteiger partial charge in [-0.05, 0) is 13.3 Å². The highest BCUT2D eigenvalue weighted by atomic mass is 16.1. The average molecular weight is 176 g/mol. The Kier molecular flexibility index (Phi) is 2.00. The third-order valence-electron chi connectivity index (χ3n) is 2.29. The van der Waals surface area contributed by atoms with Gasteiger partial charge in [-0.3, -0.25) is 9.48 Å². The fourth-order valence-corrected chi connectivity index (χ4v) is 1.55. The first-order valence-electron chi connectivity index (χ1n) is 4.57. The number of aryl methyl sites for hydroxylation is 1. The van der Waals surface area contributed by atoms with E-state index in [-0.39, 0.29) is 5.78 Å². The highest BCUT2D eigenvalue weighted by molar-refractivity contribution is 6.22. The lowest BCUT2D eigenvalue weighted by molar-refractivity contribution is -0.113. The summed E-state index contributed by atoms with van der Waals surface area (Å²) in [6, 6.07) is 0. The van der Waals surface area contributed by atoms with Crippen LogP contribution in [0.1, 0.15) is 25.3 Å². The lowest BCUT2D eigenvalue weighted by Crippen LogP contribution is -1.94. The summed E-state index contributed by atoms with van der Waals surface area (Å²) >= 11 is 0. The molecule has 0 saturated carbocycles. The van der Waals surface area contributed by atoms with E-state index in [1.165, 1.54) is 0 Å². The summed E-state index contributed by atoms with van der Waals surface area (Å²) in [5.41, 5.74) is 1.81. The molecular weight excluding hydrogens is 164 g/mol. The molecule has 2 rings (SSSR count). The molecule has 1 aliphatic carbocycles. The molecule has 0 radical (unpaired) electrons. The van der Waals surface area contributed by atoms with Crippen LogP contribution in [-0.4, -0.2) is 15.6 Å². The molecule has 1 aliphatic rings. The first kappa shape index (κ1) is 8.23. The van der Waals surface area contributed by atoms with Crippen LogP contribution < -0.4 is 0 Å². The molecule has 0 aromatic carbocycles. The minimum atomic E-state index is 0.246. The van der Waals surface area contributed by atoms with Crippen molar-refractivity contribution < 1.29 is 4.79 Å². The van der Waals surface area contributed by atoms with E-state index in [0.717, 1.165) is 24.1 Å². The molecule has 68 valence electrons. The van der Waals surface area contributed by atoms with Crippen LogP contribution in [0.5, 0.6) is 0 Å². The predicted molar refractivity (Wildman–Crippen MR) is 50.1 cm³/mol. The van der Waals surface area contributed by atoms with Gasteiger partial charge in [0, 0.05) is 30.3 Å². The molecule has 0 spiro atoms. The number of nitrogens with zero attached hydrogens (tertiary/aromatic N) is 2. The van der Waals surface area contributed by atoms with Crippen molar-refractivity contribution in [3.63, 3.8) is 0 Å². The first-order valence-corrected chi connectivity index (χ1v) is 4.57. The molecule has 0 bridgehead atoms. The van der Waals surface area contributed by atoms with Gasteiger partial charge in [0.1, 0.15) is 0 Å². The molecule has 0 aliphatic heterocycles. The van der Waals surface area contributed by atoms with Crippen molar-refractivity contribution in [2.75, 3.05) is 0 Å². The number of Topliss-reactive ketones (excluding diaryl/α,β-unsaturated/α-hetero) is 1. The predicted octanol–water partition coefficient (Wildman–Crippen LogP) is 1.65. The molecule has 0 saturated heterocycles. The second-order valence-electron chi connectivity index (χ2n) is 3.16. The molecule has 3 heteroatoms. The topological polar surface area (TPSA) is 34.9 Å². The van der Waals surface area contributed by atoms with Gasteiger partial charge >= 0.3 is 0 Å². The van der Waals surface area contributed by atoms with Crippen LogP contribution in [0.3, 0.4) is 0 Å². The Balaban J connectivity index is 2.30. The quantitative estimate of drug-likeness (QED) is 0.686. The lowest BCUT2D eigenvalue weighted by Gasteiger charge is -1.94. The van der Waals surface area contributed by atoms with E-state index in [4.69, 9.17) is 0 Å². The maximum atomic E-state index is 11.4. The van der Waals surface area contributed by atoms with Crippen LogP contribution in [0.2, 0.25) is 0 Å². The Morgan fingerprint density at radius 3 is 3.00 bits per heavy atom. The Bertz CT molecular complexity index is 363. The number of rotatable bonds is 2. The van der Waals surface area contributed by atoms with Gasteiger partial charge in [0.05, 0.1) is 6.20 Å². The zero-order valence-electron chi connectivity index (χ0n) is 7.66. The number of ketones is 1. The summed E-state index contributed by atoms with van der Waals surface area (Å²) < 4.78 is 1.84. The molecule has 0 unspecified atom stereocenters. The molecule has 0 fully saturated rings. The van der Waals surface area contributed by atoms with E-state index >= 15 is 0 Å². The van der Waals surface area contributed by atoms with Crippen molar-refractivity contribution in [1.82, 2.24) is 9.78 Å². The van der Waals surface area contributed by atoms with Gasteiger partial charge in [-0.1, -0.05) is 6.08 Å². The second kappa shape index (κ2) is 3.17. The fourth-order valence-electron chi connectivity index (χ4n) is 1.55. The van der Waals surface area contributed by atoms with E-state index in [2.05, 4.69) is 5.10 Å². The minimum absolute atomic E-state index is 0.246. The number of aromatic nitrogens is 2. The van der Waals surface area contributed by atoms with Crippen LogP contribution in [0.4, 0.5) is 0 Å². The Morgan fingerprint density at radius 2 is 2.46 bits per heavy atom. The average Bonchev–Trinajstić information content (AvgIpc) is 2.71. The van der Waals surface area contributed by atoms with Crippen molar-refractivity contribution in [3.05, 3.63) is 24.0 Å². The number of carbonyl (C=O) groups is 1. The molecule has 3 nitrogen and oxygen atoms in total. The van der Waals surface area contributed by atoms with Crippen LogP contribution in [0.15, 0.2) is 18.5 Å². The Hall–Kier alpha value is -1.38. The van der Waals surface area contributed by atoms with Crippen molar-refractivity contribution in [3.8, 4) is 0 Å². The van der Waals surface area contributed by atoms with Gasteiger partial charge in [-0.15, -0.1) is 0 Å². The highest BCUT2D eigenvalue weighted by Crippen LogP contribution is 2.23.